The standard InChI is InChI=1S/C13H20N2O2S/c1-9-12(18-10(2)15-9)7-14-13(16)6-11-4-3-5-17-8-11/h11H,3-8H2,1-2H3,(H,14,16)/t11-/m0/s1. The zero-order chi connectivity index (χ0) is 13.0. The van der Waals surface area contributed by atoms with E-state index in [1.807, 2.05) is 13.8 Å². The molecule has 1 aliphatic rings. The highest BCUT2D eigenvalue weighted by atomic mass is 32.1. The van der Waals surface area contributed by atoms with Crippen LogP contribution in [0, 0.1) is 19.8 Å². The van der Waals surface area contributed by atoms with Crippen LogP contribution in [0.1, 0.15) is 34.8 Å². The molecular weight excluding hydrogens is 248 g/mol. The number of carbonyl (C=O) groups excluding carboxylic acids is 1. The number of nitrogens with one attached hydrogen (secondary N) is 1. The van der Waals surface area contributed by atoms with Crippen LogP contribution in [0.3, 0.4) is 0 Å². The lowest BCUT2D eigenvalue weighted by Gasteiger charge is -2.21. The SMILES string of the molecule is Cc1nc(C)c(CNC(=O)C[C@@H]2CCCOC2)s1. The van der Waals surface area contributed by atoms with Crippen molar-refractivity contribution < 1.29 is 9.53 Å². The molecule has 5 heteroatoms. The van der Waals surface area contributed by atoms with Gasteiger partial charge < -0.3 is 10.1 Å². The largest absolute Gasteiger partial charge is 0.381 e. The van der Waals surface area contributed by atoms with Crippen LogP contribution in [-0.4, -0.2) is 24.1 Å². The lowest BCUT2D eigenvalue weighted by Crippen LogP contribution is -2.28. The van der Waals surface area contributed by atoms with Gasteiger partial charge in [0, 0.05) is 24.5 Å². The van der Waals surface area contributed by atoms with Gasteiger partial charge in [0.15, 0.2) is 0 Å². The Balaban J connectivity index is 1.75. The Hall–Kier alpha value is -0.940. The average Bonchev–Trinajstić information content (AvgIpc) is 2.66. The molecule has 0 unspecified atom stereocenters. The fourth-order valence-corrected chi connectivity index (χ4v) is 3.10. The van der Waals surface area contributed by atoms with Gasteiger partial charge in [-0.1, -0.05) is 0 Å². The van der Waals surface area contributed by atoms with E-state index in [0.717, 1.165) is 41.6 Å². The number of thiazole rings is 1. The first-order chi connectivity index (χ1) is 8.65. The molecule has 2 rings (SSSR count). The van der Waals surface area contributed by atoms with E-state index in [1.165, 1.54) is 0 Å². The highest BCUT2D eigenvalue weighted by molar-refractivity contribution is 7.11. The van der Waals surface area contributed by atoms with Gasteiger partial charge in [0.1, 0.15) is 0 Å². The third-order valence-corrected chi connectivity index (χ3v) is 4.25. The smallest absolute Gasteiger partial charge is 0.220 e. The van der Waals surface area contributed by atoms with Gasteiger partial charge in [-0.2, -0.15) is 0 Å². The number of hydrogen-bond acceptors (Lipinski definition) is 4. The quantitative estimate of drug-likeness (QED) is 0.910. The topological polar surface area (TPSA) is 51.2 Å². The predicted octanol–water partition coefficient (Wildman–Crippen LogP) is 2.19. The molecule has 18 heavy (non-hydrogen) atoms. The lowest BCUT2D eigenvalue weighted by atomic mass is 9.98. The van der Waals surface area contributed by atoms with Gasteiger partial charge in [0.05, 0.1) is 17.2 Å². The maximum absolute atomic E-state index is 11.8. The van der Waals surface area contributed by atoms with Gasteiger partial charge in [0.25, 0.3) is 0 Å². The van der Waals surface area contributed by atoms with Gasteiger partial charge in [-0.15, -0.1) is 11.3 Å². The van der Waals surface area contributed by atoms with Gasteiger partial charge >= 0.3 is 0 Å². The molecule has 0 spiro atoms. The molecule has 1 saturated heterocycles. The number of amides is 1. The maximum atomic E-state index is 11.8. The number of rotatable bonds is 4. The highest BCUT2D eigenvalue weighted by Crippen LogP contribution is 2.18. The number of nitrogens with zero attached hydrogens (tertiary/aromatic N) is 1. The normalized spacial score (nSPS) is 19.8. The number of carbonyl (C=O) groups is 1. The van der Waals surface area contributed by atoms with E-state index >= 15 is 0 Å². The molecule has 1 amide bonds. The summed E-state index contributed by atoms with van der Waals surface area (Å²) < 4.78 is 5.38. The van der Waals surface area contributed by atoms with Crippen LogP contribution >= 0.6 is 11.3 Å². The van der Waals surface area contributed by atoms with Gasteiger partial charge in [-0.05, 0) is 32.6 Å². The lowest BCUT2D eigenvalue weighted by molar-refractivity contribution is -0.123. The predicted molar refractivity (Wildman–Crippen MR) is 71.6 cm³/mol. The molecule has 0 bridgehead atoms. The molecule has 1 atom stereocenters. The molecule has 1 aromatic heterocycles. The highest BCUT2D eigenvalue weighted by Gasteiger charge is 2.17. The first kappa shape index (κ1) is 13.5. The molecule has 1 aromatic rings. The molecule has 4 nitrogen and oxygen atoms in total. The summed E-state index contributed by atoms with van der Waals surface area (Å²) in [7, 11) is 0. The van der Waals surface area contributed by atoms with E-state index in [1.54, 1.807) is 11.3 Å². The van der Waals surface area contributed by atoms with Gasteiger partial charge in [-0.25, -0.2) is 4.98 Å². The van der Waals surface area contributed by atoms with Crippen molar-refractivity contribution in [2.45, 2.75) is 39.7 Å². The van der Waals surface area contributed by atoms with Crippen LogP contribution in [0.15, 0.2) is 0 Å². The van der Waals surface area contributed by atoms with E-state index < -0.39 is 0 Å². The average molecular weight is 268 g/mol. The Morgan fingerprint density at radius 3 is 3.00 bits per heavy atom. The van der Waals surface area contributed by atoms with Gasteiger partial charge in [-0.3, -0.25) is 4.79 Å². The van der Waals surface area contributed by atoms with Crippen molar-refractivity contribution in [3.63, 3.8) is 0 Å². The third-order valence-electron chi connectivity index (χ3n) is 3.17. The zero-order valence-corrected chi connectivity index (χ0v) is 11.8. The number of aryl methyl sites for hydroxylation is 2. The fourth-order valence-electron chi connectivity index (χ4n) is 2.22. The zero-order valence-electron chi connectivity index (χ0n) is 11.0. The molecule has 100 valence electrons. The molecule has 1 aliphatic heterocycles. The molecule has 0 aromatic carbocycles. The molecule has 1 fully saturated rings. The third kappa shape index (κ3) is 3.78. The van der Waals surface area contributed by atoms with Crippen molar-refractivity contribution in [1.29, 1.82) is 0 Å². The van der Waals surface area contributed by atoms with Crippen LogP contribution < -0.4 is 5.32 Å². The van der Waals surface area contributed by atoms with E-state index in [-0.39, 0.29) is 5.91 Å². The second-order valence-electron chi connectivity index (χ2n) is 4.81. The summed E-state index contributed by atoms with van der Waals surface area (Å²) in [6.45, 7) is 6.15. The van der Waals surface area contributed by atoms with Crippen molar-refractivity contribution >= 4 is 17.2 Å². The van der Waals surface area contributed by atoms with Crippen LogP contribution in [0.2, 0.25) is 0 Å². The Morgan fingerprint density at radius 2 is 2.39 bits per heavy atom. The monoisotopic (exact) mass is 268 g/mol. The summed E-state index contributed by atoms with van der Waals surface area (Å²) in [5.41, 5.74) is 1.03. The molecule has 0 saturated carbocycles. The minimum Gasteiger partial charge on any atom is -0.381 e. The van der Waals surface area contributed by atoms with E-state index in [0.29, 0.717) is 18.9 Å². The van der Waals surface area contributed by atoms with Crippen molar-refractivity contribution in [2.24, 2.45) is 5.92 Å². The number of hydrogen-bond donors (Lipinski definition) is 1. The minimum atomic E-state index is 0.121. The summed E-state index contributed by atoms with van der Waals surface area (Å²) in [4.78, 5) is 17.3. The van der Waals surface area contributed by atoms with Gasteiger partial charge in [0.2, 0.25) is 5.91 Å². The Bertz CT molecular complexity index is 411. The molecule has 1 N–H and O–H groups in total. The van der Waals surface area contributed by atoms with Crippen molar-refractivity contribution in [3.05, 3.63) is 15.6 Å². The number of aromatic nitrogens is 1. The first-order valence-electron chi connectivity index (χ1n) is 6.42. The Labute approximate surface area is 112 Å². The summed E-state index contributed by atoms with van der Waals surface area (Å²) >= 11 is 1.65. The van der Waals surface area contributed by atoms with E-state index in [2.05, 4.69) is 10.3 Å². The Kier molecular flexibility index (Phi) is 4.72. The van der Waals surface area contributed by atoms with Crippen LogP contribution in [-0.2, 0) is 16.1 Å². The van der Waals surface area contributed by atoms with E-state index in [9.17, 15) is 4.79 Å². The molecule has 0 aliphatic carbocycles. The number of ether oxygens (including phenoxy) is 1. The molecule has 0 radical (unpaired) electrons. The summed E-state index contributed by atoms with van der Waals surface area (Å²) in [6, 6.07) is 0. The summed E-state index contributed by atoms with van der Waals surface area (Å²) in [5, 5.41) is 4.03. The van der Waals surface area contributed by atoms with Crippen molar-refractivity contribution in [1.82, 2.24) is 10.3 Å². The van der Waals surface area contributed by atoms with Crippen LogP contribution in [0.25, 0.3) is 0 Å². The maximum Gasteiger partial charge on any atom is 0.220 e. The van der Waals surface area contributed by atoms with Crippen LogP contribution in [0.5, 0.6) is 0 Å². The molecule has 2 heterocycles. The Morgan fingerprint density at radius 1 is 1.56 bits per heavy atom. The summed E-state index contributed by atoms with van der Waals surface area (Å²) in [6.07, 6.45) is 2.76. The first-order valence-corrected chi connectivity index (χ1v) is 7.24. The van der Waals surface area contributed by atoms with Crippen molar-refractivity contribution in [2.75, 3.05) is 13.2 Å². The second-order valence-corrected chi connectivity index (χ2v) is 6.09. The minimum absolute atomic E-state index is 0.121. The molecular formula is C13H20N2O2S. The van der Waals surface area contributed by atoms with Crippen molar-refractivity contribution in [3.8, 4) is 0 Å². The fraction of sp³-hybridized carbons (Fsp3) is 0.692. The van der Waals surface area contributed by atoms with Crippen LogP contribution in [0.4, 0.5) is 0 Å². The van der Waals surface area contributed by atoms with E-state index in [4.69, 9.17) is 4.74 Å². The summed E-state index contributed by atoms with van der Waals surface area (Å²) in [5.74, 6) is 0.513. The second kappa shape index (κ2) is 6.29.